The zero-order chi connectivity index (χ0) is 15.0. The van der Waals surface area contributed by atoms with Crippen LogP contribution in [0.2, 0.25) is 0 Å². The van der Waals surface area contributed by atoms with Crippen LogP contribution in [-0.4, -0.2) is 36.3 Å². The van der Waals surface area contributed by atoms with E-state index in [1.165, 1.54) is 0 Å². The number of halogens is 2. The van der Waals surface area contributed by atoms with Gasteiger partial charge < -0.3 is 0 Å². The average Bonchev–Trinajstić information content (AvgIpc) is 2.37. The number of sulfonamides is 1. The Balaban J connectivity index is 2.35. The molecule has 1 heterocycles. The van der Waals surface area contributed by atoms with Crippen LogP contribution in [0.25, 0.3) is 0 Å². The van der Waals surface area contributed by atoms with Gasteiger partial charge in [0.15, 0.2) is 0 Å². The summed E-state index contributed by atoms with van der Waals surface area (Å²) in [5, 5.41) is 0. The van der Waals surface area contributed by atoms with Crippen LogP contribution in [-0.2, 0) is 15.9 Å². The lowest BCUT2D eigenvalue weighted by Crippen LogP contribution is -2.46. The van der Waals surface area contributed by atoms with Crippen LogP contribution in [0.4, 0.5) is 0 Å². The Bertz CT molecular complexity index is 604. The van der Waals surface area contributed by atoms with Gasteiger partial charge in [-0.15, -0.1) is 11.6 Å². The Kier molecular flexibility index (Phi) is 5.12. The Labute approximate surface area is 138 Å². The summed E-state index contributed by atoms with van der Waals surface area (Å²) in [4.78, 5) is 0.314. The molecule has 1 fully saturated rings. The van der Waals surface area contributed by atoms with Crippen LogP contribution in [0.3, 0.4) is 0 Å². The van der Waals surface area contributed by atoms with E-state index in [1.54, 1.807) is 22.5 Å². The number of hydrogen-bond donors (Lipinski definition) is 0. The van der Waals surface area contributed by atoms with E-state index in [0.717, 1.165) is 11.3 Å². The Morgan fingerprint density at radius 1 is 1.45 bits per heavy atom. The summed E-state index contributed by atoms with van der Waals surface area (Å²) in [6.45, 7) is 5.24. The highest BCUT2D eigenvalue weighted by atomic mass is 79.9. The Morgan fingerprint density at radius 3 is 2.70 bits per heavy atom. The number of hydrogen-bond acceptors (Lipinski definition) is 3. The molecule has 1 aromatic rings. The number of rotatable bonds is 3. The first-order valence-electron chi connectivity index (χ1n) is 6.25. The molecule has 0 N–H and O–H groups in total. The van der Waals surface area contributed by atoms with Crippen molar-refractivity contribution in [1.29, 1.82) is 0 Å². The van der Waals surface area contributed by atoms with Crippen molar-refractivity contribution in [3.63, 3.8) is 0 Å². The van der Waals surface area contributed by atoms with E-state index in [2.05, 4.69) is 29.8 Å². The predicted molar refractivity (Wildman–Crippen MR) is 89.0 cm³/mol. The lowest BCUT2D eigenvalue weighted by molar-refractivity contribution is 0.387. The molecule has 0 amide bonds. The molecule has 0 radical (unpaired) electrons. The highest BCUT2D eigenvalue weighted by molar-refractivity contribution is 9.10. The van der Waals surface area contributed by atoms with E-state index in [0.29, 0.717) is 28.3 Å². The first-order chi connectivity index (χ1) is 9.26. The molecule has 1 aliphatic heterocycles. The first-order valence-corrected chi connectivity index (χ1v) is 10.00. The third-order valence-electron chi connectivity index (χ3n) is 3.16. The summed E-state index contributed by atoms with van der Waals surface area (Å²) < 4.78 is 27.6. The maximum Gasteiger partial charge on any atom is 0.244 e. The fourth-order valence-corrected chi connectivity index (χ4v) is 6.32. The minimum absolute atomic E-state index is 0.0477. The lowest BCUT2D eigenvalue weighted by atomic mass is 10.2. The minimum Gasteiger partial charge on any atom is -0.207 e. The fraction of sp³-hybridized carbons (Fsp3) is 0.538. The van der Waals surface area contributed by atoms with Crippen molar-refractivity contribution >= 4 is 49.3 Å². The van der Waals surface area contributed by atoms with Gasteiger partial charge in [-0.2, -0.15) is 16.1 Å². The second-order valence-electron chi connectivity index (χ2n) is 5.35. The molecular weight excluding hydrogens is 382 g/mol. The van der Waals surface area contributed by atoms with Gasteiger partial charge in [0.05, 0.1) is 4.90 Å². The molecule has 1 saturated heterocycles. The predicted octanol–water partition coefficient (Wildman–Crippen LogP) is 3.70. The van der Waals surface area contributed by atoms with E-state index in [9.17, 15) is 8.42 Å². The van der Waals surface area contributed by atoms with E-state index >= 15 is 0 Å². The molecular formula is C13H17BrClNO2S2. The van der Waals surface area contributed by atoms with Crippen molar-refractivity contribution in [2.45, 2.75) is 29.4 Å². The zero-order valence-electron chi connectivity index (χ0n) is 11.4. The van der Waals surface area contributed by atoms with Gasteiger partial charge in [-0.25, -0.2) is 8.42 Å². The summed E-state index contributed by atoms with van der Waals surface area (Å²) in [6, 6.07) is 5.16. The van der Waals surface area contributed by atoms with Gasteiger partial charge in [0, 0.05) is 33.9 Å². The van der Waals surface area contributed by atoms with Gasteiger partial charge in [0.2, 0.25) is 10.0 Å². The molecule has 0 aliphatic carbocycles. The standard InChI is InChI=1S/C13H17BrClNO2S2/c1-13(2)9-16(5-6-19-13)20(17,18)12-4-3-10(8-15)7-11(12)14/h3-4,7H,5-6,8-9H2,1-2H3. The molecule has 0 aromatic heterocycles. The lowest BCUT2D eigenvalue weighted by Gasteiger charge is -2.36. The van der Waals surface area contributed by atoms with Gasteiger partial charge in [-0.3, -0.25) is 0 Å². The topological polar surface area (TPSA) is 37.4 Å². The first kappa shape index (κ1) is 16.6. The molecule has 0 bridgehead atoms. The van der Waals surface area contributed by atoms with Crippen LogP contribution in [0.5, 0.6) is 0 Å². The highest BCUT2D eigenvalue weighted by Gasteiger charge is 2.35. The molecule has 2 rings (SSSR count). The van der Waals surface area contributed by atoms with Crippen molar-refractivity contribution in [2.75, 3.05) is 18.8 Å². The maximum atomic E-state index is 12.7. The monoisotopic (exact) mass is 397 g/mol. The van der Waals surface area contributed by atoms with Gasteiger partial charge in [0.1, 0.15) is 0 Å². The SMILES string of the molecule is CC1(C)CN(S(=O)(=O)c2ccc(CCl)cc2Br)CCS1. The van der Waals surface area contributed by atoms with Crippen molar-refractivity contribution in [3.05, 3.63) is 28.2 Å². The largest absolute Gasteiger partial charge is 0.244 e. The molecule has 0 saturated carbocycles. The fourth-order valence-electron chi connectivity index (χ4n) is 2.15. The summed E-state index contributed by atoms with van der Waals surface area (Å²) in [5.41, 5.74) is 0.895. The summed E-state index contributed by atoms with van der Waals surface area (Å²) in [7, 11) is -3.46. The quantitative estimate of drug-likeness (QED) is 0.729. The van der Waals surface area contributed by atoms with Crippen LogP contribution in [0.1, 0.15) is 19.4 Å². The molecule has 1 aliphatic rings. The third-order valence-corrected chi connectivity index (χ3v) is 7.59. The highest BCUT2D eigenvalue weighted by Crippen LogP contribution is 2.34. The summed E-state index contributed by atoms with van der Waals surface area (Å²) in [5.74, 6) is 1.19. The summed E-state index contributed by atoms with van der Waals surface area (Å²) >= 11 is 10.9. The van der Waals surface area contributed by atoms with Crippen molar-refractivity contribution in [3.8, 4) is 0 Å². The van der Waals surface area contributed by atoms with Crippen LogP contribution in [0.15, 0.2) is 27.6 Å². The molecule has 1 aromatic carbocycles. The van der Waals surface area contributed by atoms with Gasteiger partial charge in [-0.05, 0) is 47.5 Å². The second kappa shape index (κ2) is 6.16. The number of alkyl halides is 1. The van der Waals surface area contributed by atoms with Crippen molar-refractivity contribution < 1.29 is 8.42 Å². The Hall–Kier alpha value is 0.250. The number of nitrogens with zero attached hydrogens (tertiary/aromatic N) is 1. The van der Waals surface area contributed by atoms with E-state index in [-0.39, 0.29) is 4.75 Å². The van der Waals surface area contributed by atoms with Crippen LogP contribution < -0.4 is 0 Å². The van der Waals surface area contributed by atoms with Gasteiger partial charge >= 0.3 is 0 Å². The molecule has 0 spiro atoms. The second-order valence-corrected chi connectivity index (χ2v) is 10.2. The normalized spacial score (nSPS) is 20.0. The van der Waals surface area contributed by atoms with Crippen molar-refractivity contribution in [1.82, 2.24) is 4.31 Å². The average molecular weight is 399 g/mol. The smallest absolute Gasteiger partial charge is 0.207 e. The molecule has 3 nitrogen and oxygen atoms in total. The number of benzene rings is 1. The summed E-state index contributed by atoms with van der Waals surface area (Å²) in [6.07, 6.45) is 0. The Morgan fingerprint density at radius 2 is 2.15 bits per heavy atom. The van der Waals surface area contributed by atoms with E-state index < -0.39 is 10.0 Å². The molecule has 20 heavy (non-hydrogen) atoms. The van der Waals surface area contributed by atoms with Gasteiger partial charge in [0.25, 0.3) is 0 Å². The molecule has 112 valence electrons. The van der Waals surface area contributed by atoms with Crippen LogP contribution in [0, 0.1) is 0 Å². The third kappa shape index (κ3) is 3.53. The van der Waals surface area contributed by atoms with Crippen LogP contribution >= 0.6 is 39.3 Å². The zero-order valence-corrected chi connectivity index (χ0v) is 15.4. The number of thioether (sulfide) groups is 1. The van der Waals surface area contributed by atoms with Gasteiger partial charge in [-0.1, -0.05) is 6.07 Å². The van der Waals surface area contributed by atoms with Crippen molar-refractivity contribution in [2.24, 2.45) is 0 Å². The molecule has 0 unspecified atom stereocenters. The molecule has 7 heteroatoms. The maximum absolute atomic E-state index is 12.7. The van der Waals surface area contributed by atoms with E-state index in [1.807, 2.05) is 11.8 Å². The minimum atomic E-state index is -3.46. The van der Waals surface area contributed by atoms with E-state index in [4.69, 9.17) is 11.6 Å². The molecule has 0 atom stereocenters.